The number of carbonyl (C=O) groups excluding carboxylic acids is 1. The Hall–Kier alpha value is -1.83. The second-order valence-electron chi connectivity index (χ2n) is 3.88. The SMILES string of the molecule is CSc1nc(N)cc(N2CC(C(=O)O)CC2=O)n1. The Morgan fingerprint density at radius 1 is 1.61 bits per heavy atom. The molecule has 2 rings (SSSR count). The monoisotopic (exact) mass is 268 g/mol. The zero-order valence-electron chi connectivity index (χ0n) is 9.66. The number of nitrogens with two attached hydrogens (primary N) is 1. The summed E-state index contributed by atoms with van der Waals surface area (Å²) in [6, 6.07) is 1.47. The molecule has 1 amide bonds. The van der Waals surface area contributed by atoms with Crippen molar-refractivity contribution in [3.05, 3.63) is 6.07 Å². The van der Waals surface area contributed by atoms with E-state index in [4.69, 9.17) is 10.8 Å². The molecule has 0 spiro atoms. The van der Waals surface area contributed by atoms with E-state index < -0.39 is 11.9 Å². The molecule has 1 aliphatic rings. The molecular weight excluding hydrogens is 256 g/mol. The van der Waals surface area contributed by atoms with Crippen LogP contribution in [0.5, 0.6) is 0 Å². The maximum atomic E-state index is 11.8. The molecule has 18 heavy (non-hydrogen) atoms. The van der Waals surface area contributed by atoms with Crippen LogP contribution < -0.4 is 10.6 Å². The molecular formula is C10H12N4O3S. The Morgan fingerprint density at radius 3 is 2.89 bits per heavy atom. The van der Waals surface area contributed by atoms with Crippen molar-refractivity contribution in [2.45, 2.75) is 11.6 Å². The first-order valence-corrected chi connectivity index (χ1v) is 6.45. The number of hydrogen-bond donors (Lipinski definition) is 2. The second kappa shape index (κ2) is 4.81. The van der Waals surface area contributed by atoms with Crippen molar-refractivity contribution in [2.75, 3.05) is 23.4 Å². The van der Waals surface area contributed by atoms with E-state index in [9.17, 15) is 9.59 Å². The largest absolute Gasteiger partial charge is 0.481 e. The fourth-order valence-corrected chi connectivity index (χ4v) is 2.14. The third-order valence-electron chi connectivity index (χ3n) is 2.65. The van der Waals surface area contributed by atoms with Crippen molar-refractivity contribution < 1.29 is 14.7 Å². The quantitative estimate of drug-likeness (QED) is 0.596. The highest BCUT2D eigenvalue weighted by molar-refractivity contribution is 7.98. The van der Waals surface area contributed by atoms with Gasteiger partial charge < -0.3 is 10.8 Å². The maximum absolute atomic E-state index is 11.8. The van der Waals surface area contributed by atoms with Gasteiger partial charge in [0.05, 0.1) is 5.92 Å². The van der Waals surface area contributed by atoms with Crippen LogP contribution >= 0.6 is 11.8 Å². The van der Waals surface area contributed by atoms with Crippen molar-refractivity contribution in [3.63, 3.8) is 0 Å². The van der Waals surface area contributed by atoms with E-state index in [-0.39, 0.29) is 24.7 Å². The van der Waals surface area contributed by atoms with Crippen LogP contribution in [0.2, 0.25) is 0 Å². The summed E-state index contributed by atoms with van der Waals surface area (Å²) in [7, 11) is 0. The molecule has 1 unspecified atom stereocenters. The number of carboxylic acid groups (broad SMARTS) is 1. The molecule has 2 heterocycles. The summed E-state index contributed by atoms with van der Waals surface area (Å²) in [4.78, 5) is 32.1. The smallest absolute Gasteiger partial charge is 0.308 e. The van der Waals surface area contributed by atoms with Crippen LogP contribution in [-0.4, -0.2) is 39.8 Å². The molecule has 1 fully saturated rings. The van der Waals surface area contributed by atoms with E-state index >= 15 is 0 Å². The number of nitrogen functional groups attached to an aromatic ring is 1. The minimum absolute atomic E-state index is 0.00611. The van der Waals surface area contributed by atoms with Gasteiger partial charge >= 0.3 is 5.97 Å². The summed E-state index contributed by atoms with van der Waals surface area (Å²) in [6.45, 7) is 0.123. The molecule has 1 aromatic rings. The number of thioether (sulfide) groups is 1. The number of carbonyl (C=O) groups is 2. The third kappa shape index (κ3) is 2.37. The van der Waals surface area contributed by atoms with Crippen LogP contribution in [-0.2, 0) is 9.59 Å². The van der Waals surface area contributed by atoms with Crippen LogP contribution in [0.25, 0.3) is 0 Å². The van der Waals surface area contributed by atoms with Gasteiger partial charge in [-0.3, -0.25) is 14.5 Å². The predicted molar refractivity (Wildman–Crippen MR) is 66.3 cm³/mol. The van der Waals surface area contributed by atoms with Crippen LogP contribution in [0.4, 0.5) is 11.6 Å². The standard InChI is InChI=1S/C10H12N4O3S/c1-18-10-12-6(11)3-7(13-10)14-4-5(9(16)17)2-8(14)15/h3,5H,2,4H2,1H3,(H,16,17)(H2,11,12,13). The van der Waals surface area contributed by atoms with E-state index in [1.54, 1.807) is 6.26 Å². The Bertz CT molecular complexity index is 508. The van der Waals surface area contributed by atoms with Gasteiger partial charge in [-0.25, -0.2) is 9.97 Å². The van der Waals surface area contributed by atoms with E-state index in [1.807, 2.05) is 0 Å². The molecule has 3 N–H and O–H groups in total. The van der Waals surface area contributed by atoms with Crippen molar-refractivity contribution in [2.24, 2.45) is 5.92 Å². The summed E-state index contributed by atoms with van der Waals surface area (Å²) in [6.07, 6.45) is 1.79. The normalized spacial score (nSPS) is 19.3. The highest BCUT2D eigenvalue weighted by atomic mass is 32.2. The van der Waals surface area contributed by atoms with Gasteiger partial charge in [-0.05, 0) is 6.26 Å². The Morgan fingerprint density at radius 2 is 2.33 bits per heavy atom. The molecule has 96 valence electrons. The maximum Gasteiger partial charge on any atom is 0.308 e. The van der Waals surface area contributed by atoms with E-state index in [1.165, 1.54) is 22.7 Å². The summed E-state index contributed by atoms with van der Waals surface area (Å²) in [5, 5.41) is 9.37. The highest BCUT2D eigenvalue weighted by Gasteiger charge is 2.35. The number of amides is 1. The fraction of sp³-hybridized carbons (Fsp3) is 0.400. The van der Waals surface area contributed by atoms with Gasteiger partial charge in [0, 0.05) is 19.0 Å². The lowest BCUT2D eigenvalue weighted by Crippen LogP contribution is -2.27. The van der Waals surface area contributed by atoms with Crippen LogP contribution in [0.1, 0.15) is 6.42 Å². The molecule has 1 atom stereocenters. The van der Waals surface area contributed by atoms with Gasteiger partial charge in [0.1, 0.15) is 11.6 Å². The van der Waals surface area contributed by atoms with Gasteiger partial charge in [0.2, 0.25) is 5.91 Å². The molecule has 0 radical (unpaired) electrons. The zero-order valence-corrected chi connectivity index (χ0v) is 10.5. The Kier molecular flexibility index (Phi) is 3.37. The van der Waals surface area contributed by atoms with Crippen LogP contribution in [0.15, 0.2) is 11.2 Å². The van der Waals surface area contributed by atoms with E-state index in [0.29, 0.717) is 11.0 Å². The predicted octanol–water partition coefficient (Wildman–Crippen LogP) is 0.218. The second-order valence-corrected chi connectivity index (χ2v) is 4.65. The van der Waals surface area contributed by atoms with E-state index in [2.05, 4.69) is 9.97 Å². The van der Waals surface area contributed by atoms with Crippen molar-refractivity contribution in [1.29, 1.82) is 0 Å². The average Bonchev–Trinajstić information content (AvgIpc) is 2.70. The van der Waals surface area contributed by atoms with Gasteiger partial charge in [-0.1, -0.05) is 11.8 Å². The molecule has 8 heteroatoms. The summed E-state index contributed by atoms with van der Waals surface area (Å²) in [5.41, 5.74) is 5.62. The van der Waals surface area contributed by atoms with Crippen LogP contribution in [0.3, 0.4) is 0 Å². The lowest BCUT2D eigenvalue weighted by molar-refractivity contribution is -0.141. The third-order valence-corrected chi connectivity index (χ3v) is 3.19. The Labute approximate surface area is 107 Å². The first-order chi connectivity index (χ1) is 8.51. The number of hydrogen-bond acceptors (Lipinski definition) is 6. The summed E-state index contributed by atoms with van der Waals surface area (Å²) >= 11 is 1.31. The first-order valence-electron chi connectivity index (χ1n) is 5.23. The number of aliphatic carboxylic acids is 1. The molecule has 7 nitrogen and oxygen atoms in total. The molecule has 0 aliphatic carbocycles. The van der Waals surface area contributed by atoms with Crippen molar-refractivity contribution in [3.8, 4) is 0 Å². The number of carboxylic acids is 1. The molecule has 1 aliphatic heterocycles. The number of anilines is 2. The van der Waals surface area contributed by atoms with Gasteiger partial charge in [-0.2, -0.15) is 0 Å². The zero-order chi connectivity index (χ0) is 13.3. The summed E-state index contributed by atoms with van der Waals surface area (Å²) in [5.74, 6) is -1.30. The minimum atomic E-state index is -0.974. The van der Waals surface area contributed by atoms with Crippen molar-refractivity contribution >= 4 is 35.3 Å². The molecule has 0 saturated carbocycles. The van der Waals surface area contributed by atoms with Gasteiger partial charge in [0.25, 0.3) is 0 Å². The number of nitrogens with zero attached hydrogens (tertiary/aromatic N) is 3. The number of aromatic nitrogens is 2. The highest BCUT2D eigenvalue weighted by Crippen LogP contribution is 2.26. The molecule has 1 aromatic heterocycles. The molecule has 0 aromatic carbocycles. The minimum Gasteiger partial charge on any atom is -0.481 e. The number of rotatable bonds is 3. The van der Waals surface area contributed by atoms with Crippen LogP contribution in [0, 0.1) is 5.92 Å². The first kappa shape index (κ1) is 12.6. The van der Waals surface area contributed by atoms with Gasteiger partial charge in [-0.15, -0.1) is 0 Å². The Balaban J connectivity index is 2.29. The van der Waals surface area contributed by atoms with E-state index in [0.717, 1.165) is 0 Å². The average molecular weight is 268 g/mol. The lowest BCUT2D eigenvalue weighted by atomic mass is 10.1. The summed E-state index contributed by atoms with van der Waals surface area (Å²) < 4.78 is 0. The lowest BCUT2D eigenvalue weighted by Gasteiger charge is -2.15. The fourth-order valence-electron chi connectivity index (χ4n) is 1.75. The van der Waals surface area contributed by atoms with Gasteiger partial charge in [0.15, 0.2) is 5.16 Å². The topological polar surface area (TPSA) is 109 Å². The van der Waals surface area contributed by atoms with Crippen molar-refractivity contribution in [1.82, 2.24) is 9.97 Å². The molecule has 0 bridgehead atoms. The molecule has 1 saturated heterocycles.